The Hall–Kier alpha value is -2.21. The predicted molar refractivity (Wildman–Crippen MR) is 73.9 cm³/mol. The third-order valence-electron chi connectivity index (χ3n) is 3.39. The average Bonchev–Trinajstić information content (AvgIpc) is 2.54. The van der Waals surface area contributed by atoms with E-state index in [0.717, 1.165) is 24.3 Å². The third kappa shape index (κ3) is 2.30. The lowest BCUT2D eigenvalue weighted by molar-refractivity contribution is 0.0603. The number of anilines is 1. The molecule has 0 radical (unpaired) electrons. The van der Waals surface area contributed by atoms with Crippen LogP contribution in [0.2, 0.25) is 0 Å². The minimum Gasteiger partial charge on any atom is -0.465 e. The second kappa shape index (κ2) is 5.42. The Balaban J connectivity index is 2.11. The lowest BCUT2D eigenvalue weighted by Gasteiger charge is -2.29. The fourth-order valence-corrected chi connectivity index (χ4v) is 2.35. The molecule has 2 aromatic rings. The first-order chi connectivity index (χ1) is 9.79. The second-order valence-corrected chi connectivity index (χ2v) is 4.54. The molecular weight excluding hydrogens is 258 g/mol. The maximum Gasteiger partial charge on any atom is 0.338 e. The molecule has 1 aliphatic rings. The van der Waals surface area contributed by atoms with E-state index in [1.807, 2.05) is 12.1 Å². The quantitative estimate of drug-likeness (QED) is 0.767. The number of esters is 1. The van der Waals surface area contributed by atoms with E-state index >= 15 is 0 Å². The molecule has 1 aromatic heterocycles. The van der Waals surface area contributed by atoms with Crippen molar-refractivity contribution in [3.63, 3.8) is 0 Å². The zero-order chi connectivity index (χ0) is 13.9. The summed E-state index contributed by atoms with van der Waals surface area (Å²) in [6.07, 6.45) is 3.12. The molecule has 3 rings (SSSR count). The second-order valence-electron chi connectivity index (χ2n) is 4.54. The summed E-state index contributed by atoms with van der Waals surface area (Å²) in [5, 5.41) is 0.705. The van der Waals surface area contributed by atoms with Crippen molar-refractivity contribution in [3.8, 4) is 0 Å². The van der Waals surface area contributed by atoms with Crippen LogP contribution in [-0.2, 0) is 9.47 Å². The Labute approximate surface area is 116 Å². The van der Waals surface area contributed by atoms with Gasteiger partial charge in [-0.25, -0.2) is 14.8 Å². The zero-order valence-electron chi connectivity index (χ0n) is 11.2. The largest absolute Gasteiger partial charge is 0.465 e. The zero-order valence-corrected chi connectivity index (χ0v) is 11.2. The molecule has 0 atom stereocenters. The van der Waals surface area contributed by atoms with Gasteiger partial charge in [-0.05, 0) is 12.1 Å². The summed E-state index contributed by atoms with van der Waals surface area (Å²) in [6, 6.07) is 3.80. The van der Waals surface area contributed by atoms with Gasteiger partial charge in [-0.1, -0.05) is 0 Å². The van der Waals surface area contributed by atoms with Gasteiger partial charge in [-0.3, -0.25) is 0 Å². The first-order valence-electron chi connectivity index (χ1n) is 6.44. The first kappa shape index (κ1) is 12.8. The molecule has 0 bridgehead atoms. The van der Waals surface area contributed by atoms with Crippen molar-refractivity contribution in [1.82, 2.24) is 9.97 Å². The number of morpholine rings is 1. The lowest BCUT2D eigenvalue weighted by atomic mass is 10.1. The summed E-state index contributed by atoms with van der Waals surface area (Å²) < 4.78 is 10.2. The van der Waals surface area contributed by atoms with Crippen molar-refractivity contribution in [3.05, 3.63) is 30.2 Å². The van der Waals surface area contributed by atoms with E-state index in [4.69, 9.17) is 9.47 Å². The topological polar surface area (TPSA) is 64.5 Å². The summed E-state index contributed by atoms with van der Waals surface area (Å²) in [6.45, 7) is 2.99. The highest BCUT2D eigenvalue weighted by Gasteiger charge is 2.17. The van der Waals surface area contributed by atoms with Gasteiger partial charge < -0.3 is 14.4 Å². The Morgan fingerprint density at radius 3 is 2.90 bits per heavy atom. The van der Waals surface area contributed by atoms with Gasteiger partial charge >= 0.3 is 5.97 Å². The van der Waals surface area contributed by atoms with Gasteiger partial charge in [0.2, 0.25) is 0 Å². The third-order valence-corrected chi connectivity index (χ3v) is 3.39. The van der Waals surface area contributed by atoms with E-state index in [1.165, 1.54) is 13.4 Å². The molecule has 0 N–H and O–H groups in total. The molecule has 6 nitrogen and oxygen atoms in total. The average molecular weight is 273 g/mol. The minimum absolute atomic E-state index is 0.375. The van der Waals surface area contributed by atoms with Crippen LogP contribution in [-0.4, -0.2) is 49.4 Å². The number of fused-ring (bicyclic) bond motifs is 1. The number of carbonyl (C=O) groups is 1. The van der Waals surface area contributed by atoms with E-state index in [1.54, 1.807) is 6.20 Å². The molecule has 20 heavy (non-hydrogen) atoms. The summed E-state index contributed by atoms with van der Waals surface area (Å²) in [5.41, 5.74) is 2.19. The van der Waals surface area contributed by atoms with E-state index in [9.17, 15) is 4.79 Å². The van der Waals surface area contributed by atoms with E-state index in [-0.39, 0.29) is 5.97 Å². The monoisotopic (exact) mass is 273 g/mol. The van der Waals surface area contributed by atoms with E-state index in [0.29, 0.717) is 24.2 Å². The fourth-order valence-electron chi connectivity index (χ4n) is 2.35. The number of hydrogen-bond acceptors (Lipinski definition) is 6. The van der Waals surface area contributed by atoms with Crippen molar-refractivity contribution in [2.24, 2.45) is 0 Å². The fraction of sp³-hybridized carbons (Fsp3) is 0.357. The smallest absolute Gasteiger partial charge is 0.338 e. The van der Waals surface area contributed by atoms with Crippen LogP contribution in [0.1, 0.15) is 10.4 Å². The highest BCUT2D eigenvalue weighted by molar-refractivity contribution is 6.04. The lowest BCUT2D eigenvalue weighted by Crippen LogP contribution is -2.36. The molecule has 0 saturated carbocycles. The van der Waals surface area contributed by atoms with Crippen molar-refractivity contribution < 1.29 is 14.3 Å². The minimum atomic E-state index is -0.375. The molecule has 6 heteroatoms. The van der Waals surface area contributed by atoms with Crippen LogP contribution in [0.4, 0.5) is 5.69 Å². The van der Waals surface area contributed by atoms with Gasteiger partial charge in [0, 0.05) is 30.4 Å². The van der Waals surface area contributed by atoms with Gasteiger partial charge in [-0.2, -0.15) is 0 Å². The Kier molecular flexibility index (Phi) is 3.47. The predicted octanol–water partition coefficient (Wildman–Crippen LogP) is 1.25. The molecule has 1 aromatic carbocycles. The van der Waals surface area contributed by atoms with Gasteiger partial charge in [0.1, 0.15) is 6.33 Å². The number of carbonyl (C=O) groups excluding carboxylic acids is 1. The van der Waals surface area contributed by atoms with Crippen molar-refractivity contribution in [2.45, 2.75) is 0 Å². The number of benzene rings is 1. The SMILES string of the molecule is COC(=O)c1cc(N2CCOCC2)cc2ncncc12. The van der Waals surface area contributed by atoms with Gasteiger partial charge in [0.15, 0.2) is 0 Å². The van der Waals surface area contributed by atoms with E-state index in [2.05, 4.69) is 14.9 Å². The molecule has 104 valence electrons. The molecule has 0 unspecified atom stereocenters. The summed E-state index contributed by atoms with van der Waals surface area (Å²) in [5.74, 6) is -0.375. The Morgan fingerprint density at radius 1 is 1.35 bits per heavy atom. The number of aromatic nitrogens is 2. The molecule has 1 aliphatic heterocycles. The van der Waals surface area contributed by atoms with Crippen molar-refractivity contribution >= 4 is 22.6 Å². The number of methoxy groups -OCH3 is 1. The number of hydrogen-bond donors (Lipinski definition) is 0. The molecule has 0 spiro atoms. The van der Waals surface area contributed by atoms with Crippen LogP contribution in [0.15, 0.2) is 24.7 Å². The van der Waals surface area contributed by atoms with Crippen LogP contribution < -0.4 is 4.90 Å². The van der Waals surface area contributed by atoms with Crippen molar-refractivity contribution in [1.29, 1.82) is 0 Å². The van der Waals surface area contributed by atoms with Crippen LogP contribution >= 0.6 is 0 Å². The molecule has 0 amide bonds. The van der Waals surface area contributed by atoms with Crippen LogP contribution in [0.5, 0.6) is 0 Å². The van der Waals surface area contributed by atoms with E-state index < -0.39 is 0 Å². The van der Waals surface area contributed by atoms with Gasteiger partial charge in [-0.15, -0.1) is 0 Å². The number of nitrogens with zero attached hydrogens (tertiary/aromatic N) is 3. The molecular formula is C14H15N3O3. The maximum absolute atomic E-state index is 11.9. The summed E-state index contributed by atoms with van der Waals surface area (Å²) >= 11 is 0. The molecule has 0 aliphatic carbocycles. The standard InChI is InChI=1S/C14H15N3O3/c1-19-14(18)11-6-10(17-2-4-20-5-3-17)7-13-12(11)8-15-9-16-13/h6-9H,2-5H2,1H3. The van der Waals surface area contributed by atoms with Crippen LogP contribution in [0.3, 0.4) is 0 Å². The number of rotatable bonds is 2. The molecule has 2 heterocycles. The maximum atomic E-state index is 11.9. The Bertz CT molecular complexity index is 639. The highest BCUT2D eigenvalue weighted by atomic mass is 16.5. The molecule has 1 fully saturated rings. The summed E-state index contributed by atoms with van der Waals surface area (Å²) in [4.78, 5) is 22.3. The summed E-state index contributed by atoms with van der Waals surface area (Å²) in [7, 11) is 1.37. The normalized spacial score (nSPS) is 15.3. The first-order valence-corrected chi connectivity index (χ1v) is 6.44. The highest BCUT2D eigenvalue weighted by Crippen LogP contribution is 2.25. The van der Waals surface area contributed by atoms with Crippen LogP contribution in [0, 0.1) is 0 Å². The van der Waals surface area contributed by atoms with Gasteiger partial charge in [0.25, 0.3) is 0 Å². The van der Waals surface area contributed by atoms with Crippen LogP contribution in [0.25, 0.3) is 10.9 Å². The Morgan fingerprint density at radius 2 is 2.15 bits per heavy atom. The number of ether oxygens (including phenoxy) is 2. The van der Waals surface area contributed by atoms with Gasteiger partial charge in [0.05, 0.1) is 31.4 Å². The molecule has 1 saturated heterocycles. The van der Waals surface area contributed by atoms with Crippen molar-refractivity contribution in [2.75, 3.05) is 38.3 Å².